The van der Waals surface area contributed by atoms with Crippen LogP contribution in [0.1, 0.15) is 40.0 Å². The second kappa shape index (κ2) is 7.46. The third kappa shape index (κ3) is 5.07. The van der Waals surface area contributed by atoms with Gasteiger partial charge in [0, 0.05) is 19.2 Å². The van der Waals surface area contributed by atoms with Gasteiger partial charge >= 0.3 is 6.09 Å². The first-order valence-electron chi connectivity index (χ1n) is 8.10. The summed E-state index contributed by atoms with van der Waals surface area (Å²) >= 11 is 0. The number of hydrogen-bond donors (Lipinski definition) is 1. The summed E-state index contributed by atoms with van der Waals surface area (Å²) in [5.74, 6) is 0.551. The summed E-state index contributed by atoms with van der Waals surface area (Å²) in [4.78, 5) is 28.3. The fourth-order valence-corrected chi connectivity index (χ4v) is 2.59. The number of nitrogens with one attached hydrogen (secondary N) is 1. The van der Waals surface area contributed by atoms with E-state index in [0.29, 0.717) is 18.9 Å². The van der Waals surface area contributed by atoms with Gasteiger partial charge in [0.05, 0.1) is 11.0 Å². The Hall–Kier alpha value is -2.38. The minimum Gasteiger partial charge on any atom is -0.444 e. The van der Waals surface area contributed by atoms with Gasteiger partial charge in [0.15, 0.2) is 0 Å². The first kappa shape index (κ1) is 18.0. The number of piperidine rings is 1. The van der Waals surface area contributed by atoms with Crippen LogP contribution in [-0.2, 0) is 4.74 Å². The number of anilines is 1. The first-order chi connectivity index (χ1) is 11.3. The number of likely N-dealkylation sites (tertiary alicyclic amines) is 1. The highest BCUT2D eigenvalue weighted by atomic mass is 16.6. The van der Waals surface area contributed by atoms with Crippen LogP contribution in [0.4, 0.5) is 16.3 Å². The minimum absolute atomic E-state index is 0.0191. The van der Waals surface area contributed by atoms with Gasteiger partial charge in [-0.3, -0.25) is 10.1 Å². The summed E-state index contributed by atoms with van der Waals surface area (Å²) in [6.07, 6.45) is 3.82. The lowest BCUT2D eigenvalue weighted by molar-refractivity contribution is -0.385. The van der Waals surface area contributed by atoms with Crippen LogP contribution in [0.2, 0.25) is 0 Å². The van der Waals surface area contributed by atoms with Crippen LogP contribution in [0.15, 0.2) is 18.3 Å². The molecular formula is C16H24N4O4. The van der Waals surface area contributed by atoms with Crippen LogP contribution in [0.5, 0.6) is 0 Å². The lowest BCUT2D eigenvalue weighted by Gasteiger charge is -2.36. The van der Waals surface area contributed by atoms with Crippen LogP contribution in [0.25, 0.3) is 0 Å². The molecule has 0 aliphatic carbocycles. The highest BCUT2D eigenvalue weighted by Crippen LogP contribution is 2.21. The maximum Gasteiger partial charge on any atom is 0.410 e. The van der Waals surface area contributed by atoms with Crippen molar-refractivity contribution in [1.29, 1.82) is 0 Å². The second-order valence-corrected chi connectivity index (χ2v) is 6.86. The van der Waals surface area contributed by atoms with Crippen LogP contribution >= 0.6 is 0 Å². The van der Waals surface area contributed by atoms with E-state index in [0.717, 1.165) is 19.3 Å². The summed E-state index contributed by atoms with van der Waals surface area (Å²) < 4.78 is 5.47. The molecule has 0 saturated carbocycles. The predicted molar refractivity (Wildman–Crippen MR) is 90.0 cm³/mol. The molecule has 0 aromatic carbocycles. The molecule has 0 radical (unpaired) electrons. The summed E-state index contributed by atoms with van der Waals surface area (Å²) in [6.45, 7) is 6.76. The lowest BCUT2D eigenvalue weighted by atomic mass is 10.0. The molecule has 2 rings (SSSR count). The van der Waals surface area contributed by atoms with Crippen molar-refractivity contribution >= 4 is 17.6 Å². The molecule has 0 bridgehead atoms. The van der Waals surface area contributed by atoms with E-state index >= 15 is 0 Å². The van der Waals surface area contributed by atoms with Crippen molar-refractivity contribution in [3.63, 3.8) is 0 Å². The molecule has 1 fully saturated rings. The Bertz CT molecular complexity index is 583. The van der Waals surface area contributed by atoms with E-state index in [1.165, 1.54) is 12.3 Å². The monoisotopic (exact) mass is 336 g/mol. The number of aromatic nitrogens is 1. The summed E-state index contributed by atoms with van der Waals surface area (Å²) in [5, 5.41) is 13.8. The van der Waals surface area contributed by atoms with Gasteiger partial charge in [-0.25, -0.2) is 9.78 Å². The van der Waals surface area contributed by atoms with Crippen molar-refractivity contribution in [2.45, 2.75) is 51.7 Å². The van der Waals surface area contributed by atoms with Gasteiger partial charge in [0.2, 0.25) is 0 Å². The Balaban J connectivity index is 1.95. The fraction of sp³-hybridized carbons (Fsp3) is 0.625. The molecular weight excluding hydrogens is 312 g/mol. The molecule has 1 N–H and O–H groups in total. The van der Waals surface area contributed by atoms with Crippen molar-refractivity contribution in [3.8, 4) is 0 Å². The molecule has 8 heteroatoms. The zero-order valence-electron chi connectivity index (χ0n) is 14.3. The number of ether oxygens (including phenoxy) is 1. The Morgan fingerprint density at radius 1 is 1.46 bits per heavy atom. The van der Waals surface area contributed by atoms with Gasteiger partial charge in [-0.15, -0.1) is 0 Å². The minimum atomic E-state index is -0.521. The fourth-order valence-electron chi connectivity index (χ4n) is 2.59. The third-order valence-electron chi connectivity index (χ3n) is 3.73. The highest BCUT2D eigenvalue weighted by Gasteiger charge is 2.30. The number of nitrogens with zero attached hydrogens (tertiary/aromatic N) is 3. The van der Waals surface area contributed by atoms with Gasteiger partial charge in [-0.2, -0.15) is 0 Å². The average Bonchev–Trinajstić information content (AvgIpc) is 2.52. The molecule has 1 aliphatic heterocycles. The number of amides is 1. The lowest BCUT2D eigenvalue weighted by Crippen LogP contribution is -2.48. The summed E-state index contributed by atoms with van der Waals surface area (Å²) in [6, 6.07) is 2.99. The van der Waals surface area contributed by atoms with E-state index in [4.69, 9.17) is 4.74 Å². The Morgan fingerprint density at radius 2 is 2.21 bits per heavy atom. The predicted octanol–water partition coefficient (Wildman–Crippen LogP) is 3.19. The van der Waals surface area contributed by atoms with Crippen molar-refractivity contribution in [2.75, 3.05) is 18.4 Å². The number of carbonyl (C=O) groups is 1. The van der Waals surface area contributed by atoms with E-state index in [-0.39, 0.29) is 17.8 Å². The Labute approximate surface area is 141 Å². The standard InChI is InChI=1S/C16H24N4O4/c1-16(2,3)24-15(21)19-9-5-4-6-12(19)10-17-14-8-7-13(11-18-14)20(22)23/h7-8,11-12H,4-6,9-10H2,1-3H3,(H,17,18). The van der Waals surface area contributed by atoms with E-state index < -0.39 is 10.5 Å². The normalized spacial score (nSPS) is 18.1. The van der Waals surface area contributed by atoms with Crippen LogP contribution in [0, 0.1) is 10.1 Å². The van der Waals surface area contributed by atoms with Crippen LogP contribution < -0.4 is 5.32 Å². The molecule has 1 amide bonds. The second-order valence-electron chi connectivity index (χ2n) is 6.86. The summed E-state index contributed by atoms with van der Waals surface area (Å²) in [7, 11) is 0. The number of carbonyl (C=O) groups excluding carboxylic acids is 1. The molecule has 0 spiro atoms. The maximum atomic E-state index is 12.3. The zero-order chi connectivity index (χ0) is 17.7. The molecule has 132 valence electrons. The topological polar surface area (TPSA) is 97.6 Å². The number of rotatable bonds is 4. The van der Waals surface area contributed by atoms with Gasteiger partial charge in [0.25, 0.3) is 5.69 Å². The quantitative estimate of drug-likeness (QED) is 0.670. The van der Waals surface area contributed by atoms with Gasteiger partial charge in [-0.1, -0.05) is 0 Å². The van der Waals surface area contributed by atoms with Crippen LogP contribution in [-0.4, -0.2) is 45.6 Å². The largest absolute Gasteiger partial charge is 0.444 e. The molecule has 1 atom stereocenters. The van der Waals surface area contributed by atoms with Crippen molar-refractivity contribution in [3.05, 3.63) is 28.4 Å². The van der Waals surface area contributed by atoms with E-state index in [1.54, 1.807) is 11.0 Å². The molecule has 1 aromatic rings. The zero-order valence-corrected chi connectivity index (χ0v) is 14.3. The molecule has 1 saturated heterocycles. The van der Waals surface area contributed by atoms with E-state index in [2.05, 4.69) is 10.3 Å². The van der Waals surface area contributed by atoms with Gasteiger partial charge in [-0.05, 0) is 46.1 Å². The number of pyridine rings is 1. The summed E-state index contributed by atoms with van der Waals surface area (Å²) in [5.41, 5.74) is -0.569. The average molecular weight is 336 g/mol. The maximum absolute atomic E-state index is 12.3. The number of hydrogen-bond acceptors (Lipinski definition) is 6. The first-order valence-corrected chi connectivity index (χ1v) is 8.10. The third-order valence-corrected chi connectivity index (χ3v) is 3.73. The van der Waals surface area contributed by atoms with Crippen molar-refractivity contribution in [1.82, 2.24) is 9.88 Å². The van der Waals surface area contributed by atoms with Crippen molar-refractivity contribution in [2.24, 2.45) is 0 Å². The smallest absolute Gasteiger partial charge is 0.410 e. The Morgan fingerprint density at radius 3 is 2.79 bits per heavy atom. The van der Waals surface area contributed by atoms with Gasteiger partial charge < -0.3 is 15.0 Å². The highest BCUT2D eigenvalue weighted by molar-refractivity contribution is 5.68. The van der Waals surface area contributed by atoms with E-state index in [9.17, 15) is 14.9 Å². The van der Waals surface area contributed by atoms with Gasteiger partial charge in [0.1, 0.15) is 17.6 Å². The molecule has 8 nitrogen and oxygen atoms in total. The van der Waals surface area contributed by atoms with E-state index in [1.807, 2.05) is 20.8 Å². The molecule has 1 aliphatic rings. The SMILES string of the molecule is CC(C)(C)OC(=O)N1CCCCC1CNc1ccc([N+](=O)[O-])cn1. The molecule has 24 heavy (non-hydrogen) atoms. The Kier molecular flexibility index (Phi) is 5.58. The number of nitro groups is 1. The molecule has 2 heterocycles. The van der Waals surface area contributed by atoms with Crippen LogP contribution in [0.3, 0.4) is 0 Å². The molecule has 1 unspecified atom stereocenters. The molecule has 1 aromatic heterocycles. The van der Waals surface area contributed by atoms with Crippen molar-refractivity contribution < 1.29 is 14.5 Å².